The van der Waals surface area contributed by atoms with Crippen LogP contribution < -0.4 is 0 Å². The summed E-state index contributed by atoms with van der Waals surface area (Å²) in [5.74, 6) is 1.66. The Labute approximate surface area is 157 Å². The average Bonchev–Trinajstić information content (AvgIpc) is 3.11. The zero-order valence-electron chi connectivity index (χ0n) is 17.3. The van der Waals surface area contributed by atoms with E-state index in [4.69, 9.17) is 0 Å². The quantitative estimate of drug-likeness (QED) is 0.211. The van der Waals surface area contributed by atoms with Crippen molar-refractivity contribution in [1.29, 1.82) is 0 Å². The molecule has 1 rings (SSSR count). The molecule has 1 heteroatoms. The third kappa shape index (κ3) is 13.0. The van der Waals surface area contributed by atoms with Gasteiger partial charge in [0.25, 0.3) is 0 Å². The lowest BCUT2D eigenvalue weighted by Gasteiger charge is -2.16. The number of hydrogen-bond acceptors (Lipinski definition) is 0. The average molecular weight is 346 g/mol. The molecule has 0 saturated carbocycles. The second-order valence-corrected chi connectivity index (χ2v) is 8.13. The van der Waals surface area contributed by atoms with Gasteiger partial charge in [-0.05, 0) is 56.1 Å². The van der Waals surface area contributed by atoms with Crippen LogP contribution in [0.5, 0.6) is 0 Å². The molecule has 0 spiro atoms. The molecule has 0 aliphatic heterocycles. The van der Waals surface area contributed by atoms with E-state index in [0.717, 1.165) is 11.8 Å². The topological polar surface area (TPSA) is 4.93 Å². The second-order valence-electron chi connectivity index (χ2n) is 8.13. The van der Waals surface area contributed by atoms with Crippen molar-refractivity contribution in [1.82, 2.24) is 4.57 Å². The molecule has 0 amide bonds. The van der Waals surface area contributed by atoms with Crippen LogP contribution in [0.1, 0.15) is 97.8 Å². The standard InChI is InChI=1S/C24H43N/c1-4-5-6-7-8-9-10-11-12-13-14-17-23(2)18-19-24(3)22-25-20-15-16-21-25/h11-12,15-16,20-21,23-24H,4-10,13-14,17-19,22H2,1-3H3/b12-11-. The predicted octanol–water partition coefficient (Wildman–Crippen LogP) is 8.02. The molecule has 25 heavy (non-hydrogen) atoms. The van der Waals surface area contributed by atoms with Gasteiger partial charge in [-0.3, -0.25) is 0 Å². The summed E-state index contributed by atoms with van der Waals surface area (Å²) in [6.07, 6.45) is 25.7. The van der Waals surface area contributed by atoms with Gasteiger partial charge in [-0.1, -0.05) is 77.9 Å². The molecule has 0 bridgehead atoms. The first-order chi connectivity index (χ1) is 12.2. The molecule has 0 saturated heterocycles. The van der Waals surface area contributed by atoms with Gasteiger partial charge in [0.2, 0.25) is 0 Å². The Kier molecular flexibility index (Phi) is 13.5. The van der Waals surface area contributed by atoms with Crippen molar-refractivity contribution >= 4 is 0 Å². The molecule has 1 nitrogen and oxygen atoms in total. The molecule has 144 valence electrons. The fourth-order valence-corrected chi connectivity index (χ4v) is 3.52. The highest BCUT2D eigenvalue weighted by molar-refractivity contribution is 4.90. The molecule has 1 aromatic heterocycles. The molecule has 0 aliphatic rings. The van der Waals surface area contributed by atoms with Gasteiger partial charge in [0.15, 0.2) is 0 Å². The maximum atomic E-state index is 2.43. The summed E-state index contributed by atoms with van der Waals surface area (Å²) in [6, 6.07) is 4.24. The second kappa shape index (κ2) is 15.3. The van der Waals surface area contributed by atoms with Crippen molar-refractivity contribution in [2.45, 2.75) is 104 Å². The van der Waals surface area contributed by atoms with Crippen LogP contribution in [0, 0.1) is 11.8 Å². The fraction of sp³-hybridized carbons (Fsp3) is 0.750. The predicted molar refractivity (Wildman–Crippen MR) is 113 cm³/mol. The molecule has 0 radical (unpaired) electrons. The van der Waals surface area contributed by atoms with E-state index in [1.54, 1.807) is 0 Å². The van der Waals surface area contributed by atoms with E-state index in [1.807, 2.05) is 0 Å². The summed E-state index contributed by atoms with van der Waals surface area (Å²) in [4.78, 5) is 0. The molecule has 2 atom stereocenters. The van der Waals surface area contributed by atoms with E-state index >= 15 is 0 Å². The normalized spacial score (nSPS) is 14.2. The molecular formula is C24H43N. The van der Waals surface area contributed by atoms with Crippen LogP contribution in [0.2, 0.25) is 0 Å². The first-order valence-electron chi connectivity index (χ1n) is 11.0. The van der Waals surface area contributed by atoms with Crippen LogP contribution in [-0.2, 0) is 6.54 Å². The van der Waals surface area contributed by atoms with E-state index in [9.17, 15) is 0 Å². The number of rotatable bonds is 16. The minimum atomic E-state index is 0.784. The van der Waals surface area contributed by atoms with Crippen LogP contribution in [-0.4, -0.2) is 4.57 Å². The highest BCUT2D eigenvalue weighted by Crippen LogP contribution is 2.19. The Morgan fingerprint density at radius 1 is 0.720 bits per heavy atom. The molecular weight excluding hydrogens is 302 g/mol. The molecule has 1 heterocycles. The summed E-state index contributed by atoms with van der Waals surface area (Å²) in [5, 5.41) is 0. The lowest BCUT2D eigenvalue weighted by Crippen LogP contribution is -2.07. The SMILES string of the molecule is CCCCCCCC/C=C\CCCC(C)CCC(C)Cn1cccc1. The monoisotopic (exact) mass is 345 g/mol. The van der Waals surface area contributed by atoms with Gasteiger partial charge in [-0.25, -0.2) is 0 Å². The summed E-state index contributed by atoms with van der Waals surface area (Å²) in [6.45, 7) is 8.27. The Morgan fingerprint density at radius 3 is 2.04 bits per heavy atom. The third-order valence-corrected chi connectivity index (χ3v) is 5.30. The summed E-state index contributed by atoms with van der Waals surface area (Å²) in [7, 11) is 0. The smallest absolute Gasteiger partial charge is 0.0245 e. The van der Waals surface area contributed by atoms with Crippen molar-refractivity contribution < 1.29 is 0 Å². The zero-order chi connectivity index (χ0) is 18.2. The van der Waals surface area contributed by atoms with E-state index in [0.29, 0.717) is 0 Å². The van der Waals surface area contributed by atoms with Crippen molar-refractivity contribution in [3.05, 3.63) is 36.7 Å². The summed E-state index contributed by atoms with van der Waals surface area (Å²) >= 11 is 0. The van der Waals surface area contributed by atoms with Crippen molar-refractivity contribution in [2.75, 3.05) is 0 Å². The van der Waals surface area contributed by atoms with Gasteiger partial charge in [-0.15, -0.1) is 0 Å². The minimum absolute atomic E-state index is 0.784. The van der Waals surface area contributed by atoms with Gasteiger partial charge in [0.05, 0.1) is 0 Å². The van der Waals surface area contributed by atoms with Crippen molar-refractivity contribution in [3.63, 3.8) is 0 Å². The van der Waals surface area contributed by atoms with Gasteiger partial charge < -0.3 is 4.57 Å². The Bertz CT molecular complexity index is 404. The summed E-state index contributed by atoms with van der Waals surface area (Å²) in [5.41, 5.74) is 0. The lowest BCUT2D eigenvalue weighted by atomic mass is 9.94. The van der Waals surface area contributed by atoms with Crippen molar-refractivity contribution in [3.8, 4) is 0 Å². The number of allylic oxidation sites excluding steroid dienone is 2. The maximum Gasteiger partial charge on any atom is 0.0245 e. The third-order valence-electron chi connectivity index (χ3n) is 5.30. The minimum Gasteiger partial charge on any atom is -0.354 e. The molecule has 0 fully saturated rings. The maximum absolute atomic E-state index is 2.43. The lowest BCUT2D eigenvalue weighted by molar-refractivity contribution is 0.376. The van der Waals surface area contributed by atoms with Crippen LogP contribution in [0.15, 0.2) is 36.7 Å². The molecule has 0 aromatic carbocycles. The van der Waals surface area contributed by atoms with Gasteiger partial charge in [0, 0.05) is 18.9 Å². The van der Waals surface area contributed by atoms with Crippen LogP contribution in [0.3, 0.4) is 0 Å². The zero-order valence-corrected chi connectivity index (χ0v) is 17.3. The largest absolute Gasteiger partial charge is 0.354 e. The van der Waals surface area contributed by atoms with E-state index < -0.39 is 0 Å². The number of unbranched alkanes of at least 4 members (excludes halogenated alkanes) is 7. The molecule has 1 aromatic rings. The molecule has 2 unspecified atom stereocenters. The molecule has 0 aliphatic carbocycles. The first-order valence-corrected chi connectivity index (χ1v) is 11.0. The molecule has 0 N–H and O–H groups in total. The summed E-state index contributed by atoms with van der Waals surface area (Å²) < 4.78 is 2.31. The number of aromatic nitrogens is 1. The van der Waals surface area contributed by atoms with Crippen LogP contribution >= 0.6 is 0 Å². The van der Waals surface area contributed by atoms with E-state index in [2.05, 4.69) is 62.0 Å². The first kappa shape index (κ1) is 22.1. The van der Waals surface area contributed by atoms with Crippen molar-refractivity contribution in [2.24, 2.45) is 11.8 Å². The highest BCUT2D eigenvalue weighted by Gasteiger charge is 2.07. The number of nitrogens with zero attached hydrogens (tertiary/aromatic N) is 1. The fourth-order valence-electron chi connectivity index (χ4n) is 3.52. The Balaban J connectivity index is 1.90. The van der Waals surface area contributed by atoms with E-state index in [1.165, 1.54) is 83.6 Å². The van der Waals surface area contributed by atoms with Gasteiger partial charge in [0.1, 0.15) is 0 Å². The Hall–Kier alpha value is -0.980. The van der Waals surface area contributed by atoms with Crippen LogP contribution in [0.25, 0.3) is 0 Å². The number of hydrogen-bond donors (Lipinski definition) is 0. The highest BCUT2D eigenvalue weighted by atomic mass is 14.9. The van der Waals surface area contributed by atoms with Crippen LogP contribution in [0.4, 0.5) is 0 Å². The van der Waals surface area contributed by atoms with E-state index in [-0.39, 0.29) is 0 Å². The Morgan fingerprint density at radius 2 is 1.32 bits per heavy atom. The van der Waals surface area contributed by atoms with Gasteiger partial charge in [-0.2, -0.15) is 0 Å². The van der Waals surface area contributed by atoms with Gasteiger partial charge >= 0.3 is 0 Å².